The van der Waals surface area contributed by atoms with Crippen molar-refractivity contribution in [1.29, 1.82) is 0 Å². The molecule has 0 amide bonds. The minimum absolute atomic E-state index is 0. The average molecular weight is 1130 g/mol. The van der Waals surface area contributed by atoms with Gasteiger partial charge in [-0.05, 0) is 96.7 Å². The van der Waals surface area contributed by atoms with Crippen molar-refractivity contribution in [1.82, 2.24) is 9.55 Å². The van der Waals surface area contributed by atoms with Gasteiger partial charge in [0, 0.05) is 49.8 Å². The van der Waals surface area contributed by atoms with Crippen LogP contribution in [-0.2, 0) is 37.3 Å². The quantitative estimate of drug-likeness (QED) is 0.0861. The van der Waals surface area contributed by atoms with E-state index in [1.165, 1.54) is 48.8 Å². The van der Waals surface area contributed by atoms with Gasteiger partial charge in [-0.15, -0.1) is 23.8 Å². The van der Waals surface area contributed by atoms with Crippen molar-refractivity contribution < 1.29 is 21.1 Å². The number of hydrogen-bond donors (Lipinski definition) is 0. The second-order valence-electron chi connectivity index (χ2n) is 22.3. The van der Waals surface area contributed by atoms with E-state index in [4.69, 9.17) is 4.98 Å². The van der Waals surface area contributed by atoms with E-state index in [0.29, 0.717) is 0 Å². The van der Waals surface area contributed by atoms with Gasteiger partial charge in [-0.25, -0.2) is 4.98 Å². The molecule has 0 saturated carbocycles. The van der Waals surface area contributed by atoms with Crippen molar-refractivity contribution in [3.05, 3.63) is 236 Å². The van der Waals surface area contributed by atoms with Crippen LogP contribution in [0.25, 0.3) is 38.8 Å². The zero-order valence-corrected chi connectivity index (χ0v) is 46.0. The number of para-hydroxylation sites is 2. The molecule has 0 atom stereocenters. The second kappa shape index (κ2) is 18.7. The number of hydrogen-bond acceptors (Lipinski definition) is 3. The Morgan fingerprint density at radius 2 is 1.06 bits per heavy atom. The van der Waals surface area contributed by atoms with Crippen molar-refractivity contribution >= 4 is 73.4 Å². The topological polar surface area (TPSA) is 24.3 Å². The van der Waals surface area contributed by atoms with Crippen LogP contribution in [-0.4, -0.2) is 17.6 Å². The number of rotatable bonds is 8. The normalized spacial score (nSPS) is 13.1. The molecule has 2 aromatic heterocycles. The third-order valence-corrected chi connectivity index (χ3v) is 19.0. The molecule has 0 saturated heterocycles. The number of aromatic nitrogens is 2. The summed E-state index contributed by atoms with van der Waals surface area (Å²) in [6.07, 6.45) is 1.97. The van der Waals surface area contributed by atoms with Crippen molar-refractivity contribution in [2.45, 2.75) is 78.6 Å². The molecular weight excluding hydrogens is 1070 g/mol. The smallest absolute Gasteiger partial charge is 0.135 e. The number of fused-ring (bicyclic) bond motifs is 4. The third-order valence-electron chi connectivity index (χ3n) is 14.4. The molecular formula is C66H61N4PtSi-3. The van der Waals surface area contributed by atoms with Crippen LogP contribution >= 0.6 is 0 Å². The number of nitrogens with zero attached hydrogens (tertiary/aromatic N) is 4. The minimum Gasteiger partial charge on any atom is -0.493 e. The zero-order chi connectivity index (χ0) is 49.3. The fourth-order valence-electron chi connectivity index (χ4n) is 10.5. The molecule has 0 N–H and O–H groups in total. The summed E-state index contributed by atoms with van der Waals surface area (Å²) in [5, 5.41) is 7.17. The van der Waals surface area contributed by atoms with E-state index >= 15 is 0 Å². The Hall–Kier alpha value is -6.78. The van der Waals surface area contributed by atoms with Gasteiger partial charge in [0.2, 0.25) is 0 Å². The van der Waals surface area contributed by atoms with Gasteiger partial charge in [-0.3, -0.25) is 0 Å². The number of pyridine rings is 1. The van der Waals surface area contributed by atoms with Crippen molar-refractivity contribution in [3.8, 4) is 16.9 Å². The fourth-order valence-corrected chi connectivity index (χ4v) is 15.1. The van der Waals surface area contributed by atoms with E-state index in [1.807, 2.05) is 6.20 Å². The Morgan fingerprint density at radius 1 is 0.458 bits per heavy atom. The largest absolute Gasteiger partial charge is 0.493 e. The van der Waals surface area contributed by atoms with Gasteiger partial charge in [0.1, 0.15) is 13.9 Å². The maximum absolute atomic E-state index is 5.14. The van der Waals surface area contributed by atoms with E-state index in [-0.39, 0.29) is 37.3 Å². The predicted molar refractivity (Wildman–Crippen MR) is 303 cm³/mol. The van der Waals surface area contributed by atoms with Gasteiger partial charge < -0.3 is 14.4 Å². The monoisotopic (exact) mass is 1130 g/mol. The standard InChI is InChI=1S/C66H61N4Si.Pt/c1-64(2,3)48-24-21-25-51(39-48)68-45-69(61-31-20-19-30-60(61)68)52-40-50(66(7,8)9)41-56(43-52)71(53-26-15-11-16-27-53,54-28-17-12-18-29-54)55-33-34-57-58-38-47(46-22-13-10-14-23-46)32-35-59(58)70(62(57)44-55)63-42-49(36-37-67-63)65(4,5)6;/h10-42,45H,1-9H3;/q-3;. The van der Waals surface area contributed by atoms with Crippen LogP contribution in [0, 0.1) is 18.8 Å². The van der Waals surface area contributed by atoms with Gasteiger partial charge >= 0.3 is 0 Å². The van der Waals surface area contributed by atoms with Gasteiger partial charge in [0.15, 0.2) is 0 Å². The van der Waals surface area contributed by atoms with Gasteiger partial charge in [-0.2, -0.15) is 46.3 Å². The predicted octanol–water partition coefficient (Wildman–Crippen LogP) is 14.1. The summed E-state index contributed by atoms with van der Waals surface area (Å²) in [6.45, 7) is 22.9. The molecule has 72 heavy (non-hydrogen) atoms. The molecule has 4 nitrogen and oxygen atoms in total. The number of benzene rings is 8. The van der Waals surface area contributed by atoms with Crippen LogP contribution in [0.3, 0.4) is 0 Å². The third kappa shape index (κ3) is 8.65. The first-order valence-electron chi connectivity index (χ1n) is 24.9. The molecule has 0 spiro atoms. The summed E-state index contributed by atoms with van der Waals surface area (Å²) >= 11 is 0. The summed E-state index contributed by atoms with van der Waals surface area (Å²) in [5.74, 6) is 0.884. The van der Waals surface area contributed by atoms with Crippen LogP contribution in [0.2, 0.25) is 0 Å². The summed E-state index contributed by atoms with van der Waals surface area (Å²) in [5.41, 5.74) is 12.4. The number of anilines is 4. The molecule has 362 valence electrons. The summed E-state index contributed by atoms with van der Waals surface area (Å²) in [6, 6.07) is 80.2. The molecule has 11 rings (SSSR count). The Bertz CT molecular complexity index is 3540. The first-order valence-corrected chi connectivity index (χ1v) is 26.9. The molecule has 0 fully saturated rings. The fraction of sp³-hybridized carbons (Fsp3) is 0.182. The summed E-state index contributed by atoms with van der Waals surface area (Å²) < 4.78 is 2.35. The Morgan fingerprint density at radius 3 is 1.69 bits per heavy atom. The maximum Gasteiger partial charge on any atom is 0.135 e. The molecule has 0 unspecified atom stereocenters. The molecule has 10 aromatic rings. The van der Waals surface area contributed by atoms with Crippen LogP contribution in [0.1, 0.15) is 79.0 Å². The molecule has 8 aromatic carbocycles. The van der Waals surface area contributed by atoms with E-state index in [0.717, 1.165) is 50.2 Å². The minimum atomic E-state index is -3.29. The van der Waals surface area contributed by atoms with Crippen LogP contribution in [0.15, 0.2) is 200 Å². The van der Waals surface area contributed by atoms with E-state index in [2.05, 4.69) is 290 Å². The SMILES string of the molecule is CC(C)(C)c1cc(N2[CH-]N(c3cccc(C(C)(C)C)c3)c3ccccc32)[c-]c([Si](c2[c-]c3c(cc2)c2cc(-c4ccccc4)ccc2n3-c2cc(C(C)(C)C)ccn2)(c2ccccc2)c2ccccc2)c1.[Pt]. The molecule has 6 heteroatoms. The Balaban J connectivity index is 0.00000596. The first kappa shape index (κ1) is 48.8. The zero-order valence-electron chi connectivity index (χ0n) is 42.7. The van der Waals surface area contributed by atoms with Crippen LogP contribution < -0.4 is 30.5 Å². The van der Waals surface area contributed by atoms with E-state index in [9.17, 15) is 0 Å². The van der Waals surface area contributed by atoms with E-state index in [1.54, 1.807) is 0 Å². The molecule has 0 radical (unpaired) electrons. The van der Waals surface area contributed by atoms with Gasteiger partial charge in [-0.1, -0.05) is 195 Å². The molecule has 1 aliphatic heterocycles. The van der Waals surface area contributed by atoms with Gasteiger partial charge in [0.05, 0.1) is 0 Å². The summed E-state index contributed by atoms with van der Waals surface area (Å²) in [4.78, 5) is 9.83. The molecule has 1 aliphatic rings. The van der Waals surface area contributed by atoms with Crippen molar-refractivity contribution in [2.24, 2.45) is 0 Å². The molecule has 0 bridgehead atoms. The van der Waals surface area contributed by atoms with Crippen LogP contribution in [0.4, 0.5) is 22.7 Å². The second-order valence-corrected chi connectivity index (χ2v) is 26.0. The van der Waals surface area contributed by atoms with Crippen molar-refractivity contribution in [2.75, 3.05) is 9.80 Å². The first-order chi connectivity index (χ1) is 34.1. The van der Waals surface area contributed by atoms with Gasteiger partial charge in [0.25, 0.3) is 0 Å². The van der Waals surface area contributed by atoms with Crippen LogP contribution in [0.5, 0.6) is 0 Å². The van der Waals surface area contributed by atoms with E-state index < -0.39 is 8.07 Å². The average Bonchev–Trinajstić information content (AvgIpc) is 3.93. The van der Waals surface area contributed by atoms with Crippen molar-refractivity contribution in [3.63, 3.8) is 0 Å². The maximum atomic E-state index is 5.14. The molecule has 3 heterocycles. The Labute approximate surface area is 442 Å². The summed E-state index contributed by atoms with van der Waals surface area (Å²) in [7, 11) is -3.29. The Kier molecular flexibility index (Phi) is 12.7. The molecule has 0 aliphatic carbocycles.